The predicted octanol–water partition coefficient (Wildman–Crippen LogP) is 7.26. The van der Waals surface area contributed by atoms with Gasteiger partial charge in [-0.2, -0.15) is 22.3 Å². The minimum absolute atomic E-state index is 0.0653. The van der Waals surface area contributed by atoms with Gasteiger partial charge in [0.25, 0.3) is 0 Å². The number of aromatic amines is 1. The zero-order valence-electron chi connectivity index (χ0n) is 31.2. The lowest BCUT2D eigenvalue weighted by molar-refractivity contribution is -0.139. The van der Waals surface area contributed by atoms with Crippen LogP contribution in [-0.4, -0.2) is 64.2 Å². The van der Waals surface area contributed by atoms with Crippen molar-refractivity contribution in [3.8, 4) is 39.8 Å². The molecule has 7 rings (SSSR count). The standard InChI is InChI=1S/C40H37F3N8O5S/c1-24-5-18-32(36-35(24)45-39(44)46-36)31-19-20-33(40(41,42)43)37(34(31)38-47-49-51(48-38)23-27-10-16-30(56-4)17-11-27)57(52,53)50(21-25-6-12-28(54-2)13-7-25)22-26-8-14-29(55-3)15-9-26/h5-20H,21-23H2,1-4H3,(H3,44,45,46). The maximum atomic E-state index is 15.4. The number of halogens is 3. The van der Waals surface area contributed by atoms with Crippen LogP contribution in [-0.2, 0) is 35.8 Å². The first-order valence-electron chi connectivity index (χ1n) is 17.5. The first-order valence-corrected chi connectivity index (χ1v) is 18.9. The fourth-order valence-corrected chi connectivity index (χ4v) is 8.33. The summed E-state index contributed by atoms with van der Waals surface area (Å²) in [4.78, 5) is 7.52. The summed E-state index contributed by atoms with van der Waals surface area (Å²) < 4.78 is 93.5. The van der Waals surface area contributed by atoms with Gasteiger partial charge in [0.15, 0.2) is 5.95 Å². The molecule has 17 heteroatoms. The van der Waals surface area contributed by atoms with Crippen molar-refractivity contribution in [1.82, 2.24) is 34.5 Å². The summed E-state index contributed by atoms with van der Waals surface area (Å²) in [5, 5.41) is 12.9. The molecule has 0 radical (unpaired) electrons. The quantitative estimate of drug-likeness (QED) is 0.121. The van der Waals surface area contributed by atoms with Crippen molar-refractivity contribution in [2.24, 2.45) is 0 Å². The summed E-state index contributed by atoms with van der Waals surface area (Å²) in [5.41, 5.74) is 7.96. The van der Waals surface area contributed by atoms with Gasteiger partial charge in [-0.15, -0.1) is 10.2 Å². The van der Waals surface area contributed by atoms with Crippen LogP contribution in [0.2, 0.25) is 0 Å². The van der Waals surface area contributed by atoms with Gasteiger partial charge in [-0.1, -0.05) is 54.6 Å². The Morgan fingerprint density at radius 3 is 1.81 bits per heavy atom. The molecule has 0 unspecified atom stereocenters. The number of methoxy groups -OCH3 is 3. The summed E-state index contributed by atoms with van der Waals surface area (Å²) in [5.74, 6) is 1.37. The molecular weight excluding hydrogens is 762 g/mol. The van der Waals surface area contributed by atoms with Gasteiger partial charge < -0.3 is 24.9 Å². The number of nitrogens with one attached hydrogen (secondary N) is 1. The van der Waals surface area contributed by atoms with E-state index in [1.54, 1.807) is 91.9 Å². The molecule has 13 nitrogen and oxygen atoms in total. The SMILES string of the molecule is COc1ccc(CN(Cc2ccc(OC)cc2)S(=O)(=O)c2c(C(F)(F)F)ccc(-c3ccc(C)c4nc(N)[nH]c34)c2-c2nnn(Cc3ccc(OC)cc3)n2)cc1. The van der Waals surface area contributed by atoms with Crippen LogP contribution in [0.15, 0.2) is 102 Å². The molecule has 0 aliphatic carbocycles. The monoisotopic (exact) mass is 798 g/mol. The van der Waals surface area contributed by atoms with Crippen LogP contribution in [0.3, 0.4) is 0 Å². The van der Waals surface area contributed by atoms with Gasteiger partial charge in [-0.05, 0) is 82.4 Å². The Kier molecular flexibility index (Phi) is 10.6. The average Bonchev–Trinajstić information content (AvgIpc) is 3.84. The molecule has 57 heavy (non-hydrogen) atoms. The van der Waals surface area contributed by atoms with Crippen molar-refractivity contribution in [2.45, 2.75) is 37.6 Å². The van der Waals surface area contributed by atoms with Crippen LogP contribution in [0.4, 0.5) is 19.1 Å². The number of sulfonamides is 1. The van der Waals surface area contributed by atoms with Gasteiger partial charge >= 0.3 is 6.18 Å². The number of tetrazole rings is 1. The van der Waals surface area contributed by atoms with E-state index in [9.17, 15) is 0 Å². The third kappa shape index (κ3) is 7.97. The van der Waals surface area contributed by atoms with Gasteiger partial charge in [-0.25, -0.2) is 13.4 Å². The van der Waals surface area contributed by atoms with E-state index in [1.807, 2.05) is 0 Å². The van der Waals surface area contributed by atoms with Crippen molar-refractivity contribution in [2.75, 3.05) is 27.1 Å². The normalized spacial score (nSPS) is 12.0. The number of imidazole rings is 1. The number of nitrogens with zero attached hydrogens (tertiary/aromatic N) is 6. The van der Waals surface area contributed by atoms with Gasteiger partial charge in [0, 0.05) is 18.7 Å². The first-order chi connectivity index (χ1) is 27.3. The van der Waals surface area contributed by atoms with E-state index < -0.39 is 32.2 Å². The Labute approximate surface area is 325 Å². The van der Waals surface area contributed by atoms with E-state index in [1.165, 1.54) is 32.2 Å². The molecule has 2 heterocycles. The molecule has 0 saturated heterocycles. The summed E-state index contributed by atoms with van der Waals surface area (Å²) >= 11 is 0. The second-order valence-corrected chi connectivity index (χ2v) is 15.0. The van der Waals surface area contributed by atoms with Gasteiger partial charge in [0.2, 0.25) is 15.8 Å². The van der Waals surface area contributed by atoms with E-state index >= 15 is 21.6 Å². The third-order valence-electron chi connectivity index (χ3n) is 9.41. The summed E-state index contributed by atoms with van der Waals surface area (Å²) in [7, 11) is -0.583. The van der Waals surface area contributed by atoms with E-state index in [-0.39, 0.29) is 37.0 Å². The van der Waals surface area contributed by atoms with E-state index in [0.717, 1.165) is 21.5 Å². The maximum absolute atomic E-state index is 15.4. The number of nitrogens with two attached hydrogens (primary N) is 1. The Morgan fingerprint density at radius 1 is 0.754 bits per heavy atom. The second-order valence-electron chi connectivity index (χ2n) is 13.1. The van der Waals surface area contributed by atoms with Crippen LogP contribution in [0, 0.1) is 6.92 Å². The zero-order valence-corrected chi connectivity index (χ0v) is 32.0. The van der Waals surface area contributed by atoms with Crippen molar-refractivity contribution < 1.29 is 35.8 Å². The number of anilines is 1. The Bertz CT molecular complexity index is 2600. The number of rotatable bonds is 13. The molecule has 0 bridgehead atoms. The predicted molar refractivity (Wildman–Crippen MR) is 207 cm³/mol. The summed E-state index contributed by atoms with van der Waals surface area (Å²) in [6.45, 7) is 1.27. The van der Waals surface area contributed by atoms with Crippen LogP contribution >= 0.6 is 0 Å². The molecular formula is C40H37F3N8O5S. The number of hydrogen-bond donors (Lipinski definition) is 2. The number of nitrogen functional groups attached to an aromatic ring is 1. The number of fused-ring (bicyclic) bond motifs is 1. The summed E-state index contributed by atoms with van der Waals surface area (Å²) in [6.07, 6.45) is -5.14. The van der Waals surface area contributed by atoms with Gasteiger partial charge in [-0.3, -0.25) is 0 Å². The molecule has 3 N–H and O–H groups in total. The smallest absolute Gasteiger partial charge is 0.417 e. The molecule has 0 amide bonds. The van der Waals surface area contributed by atoms with E-state index in [2.05, 4.69) is 25.4 Å². The van der Waals surface area contributed by atoms with Crippen molar-refractivity contribution in [3.63, 3.8) is 0 Å². The topological polar surface area (TPSA) is 163 Å². The number of hydrogen-bond acceptors (Lipinski definition) is 10. The molecule has 0 fully saturated rings. The highest BCUT2D eigenvalue weighted by Gasteiger charge is 2.43. The minimum atomic E-state index is -5.14. The third-order valence-corrected chi connectivity index (χ3v) is 11.3. The largest absolute Gasteiger partial charge is 0.497 e. The molecule has 7 aromatic rings. The molecule has 2 aromatic heterocycles. The lowest BCUT2D eigenvalue weighted by atomic mass is 9.94. The number of aryl methyl sites for hydroxylation is 1. The second kappa shape index (κ2) is 15.6. The highest BCUT2D eigenvalue weighted by Crippen LogP contribution is 2.46. The van der Waals surface area contributed by atoms with Crippen LogP contribution in [0.1, 0.15) is 27.8 Å². The minimum Gasteiger partial charge on any atom is -0.497 e. The average molecular weight is 799 g/mol. The van der Waals surface area contributed by atoms with Gasteiger partial charge in [0.05, 0.1) is 50.0 Å². The molecule has 0 aliphatic rings. The number of H-pyrrole nitrogens is 1. The fraction of sp³-hybridized carbons (Fsp3) is 0.200. The van der Waals surface area contributed by atoms with Crippen molar-refractivity contribution in [1.29, 1.82) is 0 Å². The van der Waals surface area contributed by atoms with Crippen LogP contribution < -0.4 is 19.9 Å². The molecule has 0 saturated carbocycles. The van der Waals surface area contributed by atoms with Gasteiger partial charge in [0.1, 0.15) is 22.1 Å². The van der Waals surface area contributed by atoms with Crippen molar-refractivity contribution >= 4 is 27.0 Å². The molecule has 294 valence electrons. The Hall–Kier alpha value is -6.46. The van der Waals surface area contributed by atoms with Crippen LogP contribution in [0.25, 0.3) is 33.5 Å². The Balaban J connectivity index is 1.48. The van der Waals surface area contributed by atoms with E-state index in [0.29, 0.717) is 45.0 Å². The summed E-state index contributed by atoms with van der Waals surface area (Å²) in [6, 6.07) is 25.5. The van der Waals surface area contributed by atoms with Crippen molar-refractivity contribution in [3.05, 3.63) is 125 Å². The molecule has 5 aromatic carbocycles. The lowest BCUT2D eigenvalue weighted by Crippen LogP contribution is -2.32. The van der Waals surface area contributed by atoms with E-state index in [4.69, 9.17) is 19.9 Å². The number of ether oxygens (including phenoxy) is 3. The first kappa shape index (κ1) is 38.8. The number of alkyl halides is 3. The highest BCUT2D eigenvalue weighted by molar-refractivity contribution is 7.89. The highest BCUT2D eigenvalue weighted by atomic mass is 32.2. The van der Waals surface area contributed by atoms with Crippen LogP contribution in [0.5, 0.6) is 17.2 Å². The zero-order chi connectivity index (χ0) is 40.5. The maximum Gasteiger partial charge on any atom is 0.417 e. The molecule has 0 atom stereocenters. The molecule has 0 spiro atoms. The Morgan fingerprint density at radius 2 is 1.28 bits per heavy atom. The number of aromatic nitrogens is 6. The fourth-order valence-electron chi connectivity index (χ4n) is 6.52. The number of benzene rings is 5. The molecule has 0 aliphatic heterocycles. The lowest BCUT2D eigenvalue weighted by Gasteiger charge is -2.27.